The Morgan fingerprint density at radius 2 is 2.10 bits per heavy atom. The Hall–Kier alpha value is -0.790. The highest BCUT2D eigenvalue weighted by molar-refractivity contribution is 9.10. The summed E-state index contributed by atoms with van der Waals surface area (Å²) >= 11 is 5.09. The Morgan fingerprint density at radius 1 is 1.38 bits per heavy atom. The Balaban J connectivity index is 2.55. The molecule has 0 radical (unpaired) electrons. The van der Waals surface area contributed by atoms with Gasteiger partial charge in [0.05, 0.1) is 33.0 Å². The SMILES string of the molecule is CCNC(c1snnc1C(C)(C)C)c1c(Br)cnn1CC. The van der Waals surface area contributed by atoms with Gasteiger partial charge in [0.1, 0.15) is 0 Å². The van der Waals surface area contributed by atoms with Crippen molar-refractivity contribution in [3.8, 4) is 0 Å². The maximum atomic E-state index is 4.43. The van der Waals surface area contributed by atoms with E-state index < -0.39 is 0 Å². The Labute approximate surface area is 138 Å². The zero-order valence-electron chi connectivity index (χ0n) is 13.1. The van der Waals surface area contributed by atoms with Crippen molar-refractivity contribution in [2.24, 2.45) is 0 Å². The number of aromatic nitrogens is 4. The van der Waals surface area contributed by atoms with Crippen molar-refractivity contribution < 1.29 is 0 Å². The van der Waals surface area contributed by atoms with Gasteiger partial charge in [-0.25, -0.2) is 0 Å². The molecular formula is C14H22BrN5S. The summed E-state index contributed by atoms with van der Waals surface area (Å²) in [4.78, 5) is 1.17. The smallest absolute Gasteiger partial charge is 0.0888 e. The highest BCUT2D eigenvalue weighted by Crippen LogP contribution is 2.36. The third-order valence-electron chi connectivity index (χ3n) is 3.30. The lowest BCUT2D eigenvalue weighted by Crippen LogP contribution is -2.27. The fraction of sp³-hybridized carbons (Fsp3) is 0.643. The summed E-state index contributed by atoms with van der Waals surface area (Å²) in [5.41, 5.74) is 2.16. The van der Waals surface area contributed by atoms with Crippen LogP contribution in [0.2, 0.25) is 0 Å². The summed E-state index contributed by atoms with van der Waals surface area (Å²) in [6.07, 6.45) is 1.86. The quantitative estimate of drug-likeness (QED) is 0.873. The molecule has 2 rings (SSSR count). The van der Waals surface area contributed by atoms with Crippen LogP contribution >= 0.6 is 27.5 Å². The molecule has 5 nitrogen and oxygen atoms in total. The lowest BCUT2D eigenvalue weighted by Gasteiger charge is -2.23. The molecule has 116 valence electrons. The maximum absolute atomic E-state index is 4.43. The average Bonchev–Trinajstić information content (AvgIpc) is 3.02. The van der Waals surface area contributed by atoms with E-state index >= 15 is 0 Å². The van der Waals surface area contributed by atoms with Crippen LogP contribution in [0.3, 0.4) is 0 Å². The number of nitrogens with zero attached hydrogens (tertiary/aromatic N) is 4. The Morgan fingerprint density at radius 3 is 2.67 bits per heavy atom. The van der Waals surface area contributed by atoms with Gasteiger partial charge in [-0.3, -0.25) is 4.68 Å². The lowest BCUT2D eigenvalue weighted by molar-refractivity contribution is 0.517. The van der Waals surface area contributed by atoms with Gasteiger partial charge in [-0.15, -0.1) is 5.10 Å². The highest BCUT2D eigenvalue weighted by atomic mass is 79.9. The third kappa shape index (κ3) is 3.35. The largest absolute Gasteiger partial charge is 0.304 e. The number of rotatable bonds is 5. The molecule has 1 atom stereocenters. The molecule has 0 spiro atoms. The summed E-state index contributed by atoms with van der Waals surface area (Å²) in [6, 6.07) is 0.0565. The molecule has 0 saturated carbocycles. The van der Waals surface area contributed by atoms with Crippen LogP contribution in [0.15, 0.2) is 10.7 Å². The summed E-state index contributed by atoms with van der Waals surface area (Å²) in [5.74, 6) is 0. The van der Waals surface area contributed by atoms with E-state index in [-0.39, 0.29) is 11.5 Å². The van der Waals surface area contributed by atoms with E-state index in [1.807, 2.05) is 10.9 Å². The minimum atomic E-state index is -0.0282. The van der Waals surface area contributed by atoms with Crippen molar-refractivity contribution in [2.45, 2.75) is 52.6 Å². The molecule has 0 fully saturated rings. The van der Waals surface area contributed by atoms with Gasteiger partial charge in [-0.05, 0) is 40.9 Å². The zero-order chi connectivity index (χ0) is 15.6. The van der Waals surface area contributed by atoms with Gasteiger partial charge < -0.3 is 5.32 Å². The summed E-state index contributed by atoms with van der Waals surface area (Å²) in [5, 5.41) is 12.4. The van der Waals surface area contributed by atoms with Crippen molar-refractivity contribution in [3.63, 3.8) is 0 Å². The fourth-order valence-electron chi connectivity index (χ4n) is 2.34. The van der Waals surface area contributed by atoms with Gasteiger partial charge in [0.15, 0.2) is 0 Å². The minimum Gasteiger partial charge on any atom is -0.304 e. The molecule has 2 aromatic heterocycles. The van der Waals surface area contributed by atoms with Gasteiger partial charge in [0.2, 0.25) is 0 Å². The number of hydrogen-bond donors (Lipinski definition) is 1. The maximum Gasteiger partial charge on any atom is 0.0888 e. The van der Waals surface area contributed by atoms with Crippen molar-refractivity contribution in [1.82, 2.24) is 24.7 Å². The van der Waals surface area contributed by atoms with Crippen LogP contribution in [-0.4, -0.2) is 25.9 Å². The Bertz CT molecular complexity index is 599. The molecule has 21 heavy (non-hydrogen) atoms. The zero-order valence-corrected chi connectivity index (χ0v) is 15.5. The first-order valence-corrected chi connectivity index (χ1v) is 8.74. The molecule has 2 heterocycles. The van der Waals surface area contributed by atoms with E-state index in [9.17, 15) is 0 Å². The molecular weight excluding hydrogens is 350 g/mol. The van der Waals surface area contributed by atoms with Gasteiger partial charge in [-0.2, -0.15) is 5.10 Å². The first kappa shape index (κ1) is 16.6. The average molecular weight is 372 g/mol. The van der Waals surface area contributed by atoms with E-state index in [1.54, 1.807) is 0 Å². The van der Waals surface area contributed by atoms with Gasteiger partial charge in [0.25, 0.3) is 0 Å². The first-order chi connectivity index (χ1) is 9.90. The normalized spacial score (nSPS) is 13.6. The predicted molar refractivity (Wildman–Crippen MR) is 89.7 cm³/mol. The molecule has 0 bridgehead atoms. The lowest BCUT2D eigenvalue weighted by atomic mass is 9.89. The van der Waals surface area contributed by atoms with E-state index in [4.69, 9.17) is 0 Å². The topological polar surface area (TPSA) is 55.6 Å². The second-order valence-corrected chi connectivity index (χ2v) is 7.56. The number of halogens is 1. The molecule has 0 saturated heterocycles. The summed E-state index contributed by atoms with van der Waals surface area (Å²) < 4.78 is 7.23. The number of hydrogen-bond acceptors (Lipinski definition) is 5. The number of nitrogens with one attached hydrogen (secondary N) is 1. The van der Waals surface area contributed by atoms with Crippen molar-refractivity contribution in [3.05, 3.63) is 26.9 Å². The van der Waals surface area contributed by atoms with E-state index in [0.29, 0.717) is 0 Å². The first-order valence-electron chi connectivity index (χ1n) is 7.17. The van der Waals surface area contributed by atoms with E-state index in [1.165, 1.54) is 16.4 Å². The van der Waals surface area contributed by atoms with Crippen molar-refractivity contribution in [2.75, 3.05) is 6.54 Å². The van der Waals surface area contributed by atoms with Crippen LogP contribution in [0, 0.1) is 0 Å². The minimum absolute atomic E-state index is 0.0282. The van der Waals surface area contributed by atoms with Crippen LogP contribution in [0.4, 0.5) is 0 Å². The van der Waals surface area contributed by atoms with E-state index in [2.05, 4.69) is 70.6 Å². The van der Waals surface area contributed by atoms with Crippen LogP contribution in [0.25, 0.3) is 0 Å². The van der Waals surface area contributed by atoms with Crippen LogP contribution < -0.4 is 5.32 Å². The van der Waals surface area contributed by atoms with Crippen molar-refractivity contribution >= 4 is 27.5 Å². The second kappa shape index (κ2) is 6.54. The standard InChI is InChI=1S/C14H22BrN5S/c1-6-16-10(11-9(15)8-17-20(11)7-2)12-13(14(3,4)5)18-19-21-12/h8,10,16H,6-7H2,1-5H3. The molecule has 1 N–H and O–H groups in total. The monoisotopic (exact) mass is 371 g/mol. The molecule has 7 heteroatoms. The molecule has 2 aromatic rings. The van der Waals surface area contributed by atoms with Gasteiger partial charge >= 0.3 is 0 Å². The molecule has 0 aliphatic heterocycles. The molecule has 0 amide bonds. The van der Waals surface area contributed by atoms with E-state index in [0.717, 1.165) is 29.0 Å². The second-order valence-electron chi connectivity index (χ2n) is 5.92. The van der Waals surface area contributed by atoms with Crippen molar-refractivity contribution in [1.29, 1.82) is 0 Å². The molecule has 1 unspecified atom stereocenters. The van der Waals surface area contributed by atoms with Crippen LogP contribution in [0.1, 0.15) is 56.9 Å². The van der Waals surface area contributed by atoms with Crippen LogP contribution in [-0.2, 0) is 12.0 Å². The highest BCUT2D eigenvalue weighted by Gasteiger charge is 2.30. The molecule has 0 aliphatic carbocycles. The molecule has 0 aromatic carbocycles. The summed E-state index contributed by atoms with van der Waals surface area (Å²) in [6.45, 7) is 12.4. The van der Waals surface area contributed by atoms with Crippen LogP contribution in [0.5, 0.6) is 0 Å². The third-order valence-corrected chi connectivity index (χ3v) is 4.70. The molecule has 0 aliphatic rings. The van der Waals surface area contributed by atoms with Gasteiger partial charge in [-0.1, -0.05) is 32.2 Å². The number of aryl methyl sites for hydroxylation is 1. The fourth-order valence-corrected chi connectivity index (χ4v) is 3.80. The predicted octanol–water partition coefficient (Wildman–Crippen LogP) is 3.51. The van der Waals surface area contributed by atoms with Gasteiger partial charge in [0, 0.05) is 12.0 Å². The summed E-state index contributed by atoms with van der Waals surface area (Å²) in [7, 11) is 0. The Kier molecular flexibility index (Phi) is 5.16.